The lowest BCUT2D eigenvalue weighted by molar-refractivity contribution is -0.137. The van der Waals surface area contributed by atoms with Gasteiger partial charge in [-0.15, -0.1) is 0 Å². The smallest absolute Gasteiger partial charge is 0.303 e. The zero-order chi connectivity index (χ0) is 12.4. The van der Waals surface area contributed by atoms with Crippen LogP contribution in [-0.2, 0) is 4.79 Å². The highest BCUT2D eigenvalue weighted by atomic mass is 16.7. The van der Waals surface area contributed by atoms with Crippen molar-refractivity contribution >= 4 is 5.97 Å². The molecule has 1 N–H and O–H groups in total. The van der Waals surface area contributed by atoms with Gasteiger partial charge < -0.3 is 19.3 Å². The van der Waals surface area contributed by atoms with Gasteiger partial charge in [0.05, 0.1) is 13.5 Å². The maximum absolute atomic E-state index is 10.7. The van der Waals surface area contributed by atoms with Crippen LogP contribution in [0, 0.1) is 0 Å². The number of fused-ring (bicyclic) bond motifs is 1. The summed E-state index contributed by atoms with van der Waals surface area (Å²) in [4.78, 5) is 10.7. The number of ether oxygens (including phenoxy) is 3. The second-order valence-corrected chi connectivity index (χ2v) is 3.95. The Morgan fingerprint density at radius 2 is 2.12 bits per heavy atom. The molecular formula is C12H14O5. The van der Waals surface area contributed by atoms with E-state index in [2.05, 4.69) is 0 Å². The van der Waals surface area contributed by atoms with Crippen LogP contribution in [0.25, 0.3) is 0 Å². The summed E-state index contributed by atoms with van der Waals surface area (Å²) in [6, 6.07) is 3.52. The van der Waals surface area contributed by atoms with Gasteiger partial charge in [-0.1, -0.05) is 6.92 Å². The standard InChI is InChI=1S/C12H14O5/c1-7(3-12(13)14)8-4-10-11(17-6-16-10)5-9(8)15-2/h4-5,7H,3,6H2,1-2H3,(H,13,14). The van der Waals surface area contributed by atoms with E-state index in [1.54, 1.807) is 19.2 Å². The molecule has 1 heterocycles. The van der Waals surface area contributed by atoms with E-state index in [9.17, 15) is 4.79 Å². The average Bonchev–Trinajstić information content (AvgIpc) is 2.73. The van der Waals surface area contributed by atoms with Gasteiger partial charge in [0.1, 0.15) is 5.75 Å². The first-order valence-corrected chi connectivity index (χ1v) is 5.31. The summed E-state index contributed by atoms with van der Waals surface area (Å²) >= 11 is 0. The van der Waals surface area contributed by atoms with Crippen LogP contribution < -0.4 is 14.2 Å². The van der Waals surface area contributed by atoms with Crippen LogP contribution in [0.4, 0.5) is 0 Å². The molecule has 1 unspecified atom stereocenters. The van der Waals surface area contributed by atoms with Crippen molar-refractivity contribution in [2.45, 2.75) is 19.3 Å². The molecule has 0 spiro atoms. The van der Waals surface area contributed by atoms with Crippen LogP contribution in [0.5, 0.6) is 17.2 Å². The molecule has 0 saturated carbocycles. The van der Waals surface area contributed by atoms with Gasteiger partial charge in [-0.3, -0.25) is 4.79 Å². The molecule has 0 aliphatic carbocycles. The van der Waals surface area contributed by atoms with Crippen molar-refractivity contribution in [1.29, 1.82) is 0 Å². The van der Waals surface area contributed by atoms with Crippen LogP contribution in [0.3, 0.4) is 0 Å². The molecule has 17 heavy (non-hydrogen) atoms. The zero-order valence-corrected chi connectivity index (χ0v) is 9.73. The van der Waals surface area contributed by atoms with Crippen molar-refractivity contribution in [2.75, 3.05) is 13.9 Å². The molecule has 1 aliphatic rings. The average molecular weight is 238 g/mol. The maximum Gasteiger partial charge on any atom is 0.303 e. The summed E-state index contributed by atoms with van der Waals surface area (Å²) in [5.74, 6) is 0.920. The van der Waals surface area contributed by atoms with Gasteiger partial charge >= 0.3 is 5.97 Å². The summed E-state index contributed by atoms with van der Waals surface area (Å²) in [5.41, 5.74) is 0.819. The van der Waals surface area contributed by atoms with Gasteiger partial charge in [0, 0.05) is 11.6 Å². The van der Waals surface area contributed by atoms with E-state index < -0.39 is 5.97 Å². The van der Waals surface area contributed by atoms with Gasteiger partial charge in [0.2, 0.25) is 6.79 Å². The fraction of sp³-hybridized carbons (Fsp3) is 0.417. The maximum atomic E-state index is 10.7. The molecule has 1 aliphatic heterocycles. The van der Waals surface area contributed by atoms with Crippen molar-refractivity contribution in [1.82, 2.24) is 0 Å². The number of carbonyl (C=O) groups is 1. The first-order valence-electron chi connectivity index (χ1n) is 5.31. The van der Waals surface area contributed by atoms with Crippen molar-refractivity contribution < 1.29 is 24.1 Å². The van der Waals surface area contributed by atoms with Crippen LogP contribution in [0.2, 0.25) is 0 Å². The topological polar surface area (TPSA) is 65.0 Å². The molecule has 5 heteroatoms. The largest absolute Gasteiger partial charge is 0.496 e. The Labute approximate surface area is 98.9 Å². The number of aliphatic carboxylic acids is 1. The normalized spacial score (nSPS) is 14.5. The molecule has 5 nitrogen and oxygen atoms in total. The predicted molar refractivity (Wildman–Crippen MR) is 59.8 cm³/mol. The highest BCUT2D eigenvalue weighted by molar-refractivity contribution is 5.68. The second-order valence-electron chi connectivity index (χ2n) is 3.95. The summed E-state index contributed by atoms with van der Waals surface area (Å²) in [6.07, 6.45) is 0.0516. The molecule has 0 bridgehead atoms. The Balaban J connectivity index is 2.35. The molecule has 0 amide bonds. The zero-order valence-electron chi connectivity index (χ0n) is 9.73. The third-order valence-electron chi connectivity index (χ3n) is 2.74. The number of rotatable bonds is 4. The lowest BCUT2D eigenvalue weighted by Gasteiger charge is -2.14. The lowest BCUT2D eigenvalue weighted by atomic mass is 9.96. The number of carboxylic acid groups (broad SMARTS) is 1. The van der Waals surface area contributed by atoms with Crippen LogP contribution in [0.1, 0.15) is 24.8 Å². The van der Waals surface area contributed by atoms with E-state index in [1.807, 2.05) is 6.92 Å². The van der Waals surface area contributed by atoms with E-state index in [1.165, 1.54) is 0 Å². The van der Waals surface area contributed by atoms with Gasteiger partial charge in [-0.2, -0.15) is 0 Å². The summed E-state index contributed by atoms with van der Waals surface area (Å²) in [7, 11) is 1.55. The SMILES string of the molecule is COc1cc2c(cc1C(C)CC(=O)O)OCO2. The molecule has 0 radical (unpaired) electrons. The molecule has 0 fully saturated rings. The Hall–Kier alpha value is -1.91. The number of hydrogen-bond donors (Lipinski definition) is 1. The minimum absolute atomic E-state index is 0.0516. The number of hydrogen-bond acceptors (Lipinski definition) is 4. The molecule has 1 aromatic carbocycles. The highest BCUT2D eigenvalue weighted by Crippen LogP contribution is 2.41. The first kappa shape index (κ1) is 11.6. The minimum Gasteiger partial charge on any atom is -0.496 e. The van der Waals surface area contributed by atoms with Crippen molar-refractivity contribution in [3.8, 4) is 17.2 Å². The van der Waals surface area contributed by atoms with Crippen molar-refractivity contribution in [3.05, 3.63) is 17.7 Å². The highest BCUT2D eigenvalue weighted by Gasteiger charge is 2.21. The van der Waals surface area contributed by atoms with Crippen LogP contribution in [-0.4, -0.2) is 25.0 Å². The van der Waals surface area contributed by atoms with Crippen molar-refractivity contribution in [3.63, 3.8) is 0 Å². The summed E-state index contributed by atoms with van der Waals surface area (Å²) in [6.45, 7) is 2.03. The first-order chi connectivity index (χ1) is 8.11. The van der Waals surface area contributed by atoms with Gasteiger partial charge in [0.15, 0.2) is 11.5 Å². The van der Waals surface area contributed by atoms with E-state index >= 15 is 0 Å². The number of carboxylic acids is 1. The molecule has 92 valence electrons. The molecule has 1 atom stereocenters. The fourth-order valence-corrected chi connectivity index (χ4v) is 1.87. The quantitative estimate of drug-likeness (QED) is 0.869. The molecule has 2 rings (SSSR count). The number of benzene rings is 1. The van der Waals surface area contributed by atoms with E-state index in [-0.39, 0.29) is 19.1 Å². The van der Waals surface area contributed by atoms with Gasteiger partial charge in [0.25, 0.3) is 0 Å². The lowest BCUT2D eigenvalue weighted by Crippen LogP contribution is -2.04. The molecular weight excluding hydrogens is 224 g/mol. The van der Waals surface area contributed by atoms with E-state index in [0.29, 0.717) is 17.2 Å². The number of methoxy groups -OCH3 is 1. The predicted octanol–water partition coefficient (Wildman–Crippen LogP) is 2.00. The van der Waals surface area contributed by atoms with Crippen molar-refractivity contribution in [2.24, 2.45) is 0 Å². The van der Waals surface area contributed by atoms with E-state index in [4.69, 9.17) is 19.3 Å². The Morgan fingerprint density at radius 3 is 2.71 bits per heavy atom. The summed E-state index contributed by atoms with van der Waals surface area (Å²) in [5, 5.41) is 8.81. The third-order valence-corrected chi connectivity index (χ3v) is 2.74. The third kappa shape index (κ3) is 2.27. The molecule has 1 aromatic rings. The monoisotopic (exact) mass is 238 g/mol. The van der Waals surface area contributed by atoms with Crippen LogP contribution >= 0.6 is 0 Å². The second kappa shape index (κ2) is 4.53. The summed E-state index contributed by atoms with van der Waals surface area (Å²) < 4.78 is 15.8. The fourth-order valence-electron chi connectivity index (χ4n) is 1.87. The van der Waals surface area contributed by atoms with E-state index in [0.717, 1.165) is 5.56 Å². The Kier molecular flexibility index (Phi) is 3.08. The van der Waals surface area contributed by atoms with Gasteiger partial charge in [-0.05, 0) is 12.0 Å². The minimum atomic E-state index is -0.836. The molecule has 0 saturated heterocycles. The molecule has 0 aromatic heterocycles. The van der Waals surface area contributed by atoms with Crippen LogP contribution in [0.15, 0.2) is 12.1 Å². The Bertz CT molecular complexity index is 441. The Morgan fingerprint density at radius 1 is 1.47 bits per heavy atom. The van der Waals surface area contributed by atoms with Gasteiger partial charge in [-0.25, -0.2) is 0 Å².